The zero-order valence-electron chi connectivity index (χ0n) is 13.1. The molecule has 0 bridgehead atoms. The van der Waals surface area contributed by atoms with Gasteiger partial charge in [0.05, 0.1) is 12.7 Å². The van der Waals surface area contributed by atoms with Crippen molar-refractivity contribution in [1.82, 2.24) is 0 Å². The van der Waals surface area contributed by atoms with Crippen LogP contribution in [0.3, 0.4) is 0 Å². The number of hydrogen-bond acceptors (Lipinski definition) is 4. The summed E-state index contributed by atoms with van der Waals surface area (Å²) in [6.45, 7) is 1.95. The van der Waals surface area contributed by atoms with Crippen LogP contribution in [0, 0.1) is 0 Å². The Morgan fingerprint density at radius 2 is 1.96 bits per heavy atom. The number of carbonyl (C=O) groups excluding carboxylic acids is 1. The fourth-order valence-electron chi connectivity index (χ4n) is 2.11. The van der Waals surface area contributed by atoms with E-state index >= 15 is 0 Å². The van der Waals surface area contributed by atoms with Gasteiger partial charge in [0.15, 0.2) is 0 Å². The fourth-order valence-corrected chi connectivity index (χ4v) is 3.11. The fraction of sp³-hybridized carbons (Fsp3) is 0.294. The Morgan fingerprint density at radius 1 is 1.26 bits per heavy atom. The number of anilines is 1. The number of rotatable bonds is 7. The molecule has 0 aliphatic heterocycles. The number of aryl methyl sites for hydroxylation is 2. The largest absolute Gasteiger partial charge is 0.497 e. The first-order chi connectivity index (χ1) is 11.0. The molecule has 2 N–H and O–H groups in total. The summed E-state index contributed by atoms with van der Waals surface area (Å²) in [7, 11) is 1.61. The third-order valence-corrected chi connectivity index (χ3v) is 4.61. The minimum atomic E-state index is -1.02. The Bertz CT molecular complexity index is 691. The summed E-state index contributed by atoms with van der Waals surface area (Å²) < 4.78 is 5.09. The van der Waals surface area contributed by atoms with Gasteiger partial charge in [0.1, 0.15) is 10.8 Å². The molecule has 2 aromatic rings. The number of aromatic carboxylic acids is 1. The summed E-state index contributed by atoms with van der Waals surface area (Å²) in [5.41, 5.74) is 1.18. The maximum atomic E-state index is 12.1. The predicted octanol–water partition coefficient (Wildman–Crippen LogP) is 3.59. The van der Waals surface area contributed by atoms with Crippen LogP contribution in [0.15, 0.2) is 30.3 Å². The minimum Gasteiger partial charge on any atom is -0.497 e. The first kappa shape index (κ1) is 17.0. The number of thiophene rings is 1. The highest BCUT2D eigenvalue weighted by Crippen LogP contribution is 2.28. The molecule has 1 heterocycles. The second kappa shape index (κ2) is 7.78. The quantitative estimate of drug-likeness (QED) is 0.812. The van der Waals surface area contributed by atoms with Crippen LogP contribution >= 0.6 is 11.3 Å². The van der Waals surface area contributed by atoms with E-state index in [9.17, 15) is 14.7 Å². The van der Waals surface area contributed by atoms with Crippen LogP contribution < -0.4 is 10.1 Å². The van der Waals surface area contributed by atoms with Crippen LogP contribution in [0.25, 0.3) is 0 Å². The van der Waals surface area contributed by atoms with Gasteiger partial charge in [-0.3, -0.25) is 4.79 Å². The Kier molecular flexibility index (Phi) is 5.76. The third kappa shape index (κ3) is 4.56. The van der Waals surface area contributed by atoms with Crippen LogP contribution in [0.5, 0.6) is 5.75 Å². The SMILES string of the molecule is CCc1cc(C(=O)O)c(NC(=O)CCc2ccc(OC)cc2)s1. The van der Waals surface area contributed by atoms with E-state index in [4.69, 9.17) is 4.74 Å². The van der Waals surface area contributed by atoms with Gasteiger partial charge in [-0.1, -0.05) is 19.1 Å². The lowest BCUT2D eigenvalue weighted by Crippen LogP contribution is -2.13. The van der Waals surface area contributed by atoms with Gasteiger partial charge in [-0.15, -0.1) is 11.3 Å². The zero-order valence-corrected chi connectivity index (χ0v) is 13.9. The van der Waals surface area contributed by atoms with Crippen molar-refractivity contribution in [3.63, 3.8) is 0 Å². The topological polar surface area (TPSA) is 75.6 Å². The summed E-state index contributed by atoms with van der Waals surface area (Å²) in [6, 6.07) is 9.14. The van der Waals surface area contributed by atoms with Crippen molar-refractivity contribution in [2.75, 3.05) is 12.4 Å². The van der Waals surface area contributed by atoms with E-state index in [-0.39, 0.29) is 11.5 Å². The number of ether oxygens (including phenoxy) is 1. The van der Waals surface area contributed by atoms with Crippen molar-refractivity contribution in [2.45, 2.75) is 26.2 Å². The third-order valence-electron chi connectivity index (χ3n) is 3.41. The molecule has 122 valence electrons. The van der Waals surface area contributed by atoms with Crippen molar-refractivity contribution in [2.24, 2.45) is 0 Å². The molecule has 0 fully saturated rings. The van der Waals surface area contributed by atoms with Crippen LogP contribution in [-0.4, -0.2) is 24.1 Å². The molecule has 0 spiro atoms. The Balaban J connectivity index is 1.96. The number of carboxylic acid groups (broad SMARTS) is 1. The normalized spacial score (nSPS) is 10.3. The van der Waals surface area contributed by atoms with E-state index in [0.717, 1.165) is 22.6 Å². The van der Waals surface area contributed by atoms with Crippen molar-refractivity contribution in [3.8, 4) is 5.75 Å². The van der Waals surface area contributed by atoms with Crippen molar-refractivity contribution >= 4 is 28.2 Å². The molecule has 0 unspecified atom stereocenters. The van der Waals surface area contributed by atoms with E-state index in [2.05, 4.69) is 5.32 Å². The number of benzene rings is 1. The van der Waals surface area contributed by atoms with Gasteiger partial charge in [-0.2, -0.15) is 0 Å². The van der Waals surface area contributed by atoms with E-state index in [0.29, 0.717) is 17.8 Å². The Morgan fingerprint density at radius 3 is 2.52 bits per heavy atom. The first-order valence-electron chi connectivity index (χ1n) is 7.32. The number of amides is 1. The minimum absolute atomic E-state index is 0.157. The molecular weight excluding hydrogens is 314 g/mol. The molecule has 0 aliphatic rings. The molecule has 0 saturated heterocycles. The molecule has 1 aromatic heterocycles. The first-order valence-corrected chi connectivity index (χ1v) is 8.14. The Hall–Kier alpha value is -2.34. The average molecular weight is 333 g/mol. The molecule has 1 aromatic carbocycles. The monoisotopic (exact) mass is 333 g/mol. The van der Waals surface area contributed by atoms with E-state index in [1.165, 1.54) is 11.3 Å². The van der Waals surface area contributed by atoms with Gasteiger partial charge in [-0.25, -0.2) is 4.79 Å². The lowest BCUT2D eigenvalue weighted by molar-refractivity contribution is -0.116. The van der Waals surface area contributed by atoms with Crippen LogP contribution in [-0.2, 0) is 17.6 Å². The molecule has 0 atom stereocenters. The summed E-state index contributed by atoms with van der Waals surface area (Å²) in [4.78, 5) is 24.2. The van der Waals surface area contributed by atoms with Gasteiger partial charge in [0.25, 0.3) is 0 Å². The van der Waals surface area contributed by atoms with Gasteiger partial charge in [0.2, 0.25) is 5.91 Å². The summed E-state index contributed by atoms with van der Waals surface area (Å²) in [6.07, 6.45) is 1.63. The molecule has 0 saturated carbocycles. The molecular formula is C17H19NO4S. The lowest BCUT2D eigenvalue weighted by Gasteiger charge is -2.05. The van der Waals surface area contributed by atoms with E-state index < -0.39 is 5.97 Å². The second-order valence-corrected chi connectivity index (χ2v) is 6.15. The smallest absolute Gasteiger partial charge is 0.338 e. The number of carbonyl (C=O) groups is 2. The number of nitrogens with one attached hydrogen (secondary N) is 1. The van der Waals surface area contributed by atoms with Crippen molar-refractivity contribution in [3.05, 3.63) is 46.3 Å². The molecule has 5 nitrogen and oxygen atoms in total. The molecule has 2 rings (SSSR count). The zero-order chi connectivity index (χ0) is 16.8. The van der Waals surface area contributed by atoms with Gasteiger partial charge < -0.3 is 15.2 Å². The summed E-state index contributed by atoms with van der Waals surface area (Å²) in [5, 5.41) is 12.3. The summed E-state index contributed by atoms with van der Waals surface area (Å²) in [5.74, 6) is -0.436. The second-order valence-electron chi connectivity index (χ2n) is 5.01. The molecule has 1 amide bonds. The van der Waals surface area contributed by atoms with E-state index in [1.807, 2.05) is 31.2 Å². The van der Waals surface area contributed by atoms with Gasteiger partial charge >= 0.3 is 5.97 Å². The summed E-state index contributed by atoms with van der Waals surface area (Å²) >= 11 is 1.31. The van der Waals surface area contributed by atoms with Crippen LogP contribution in [0.4, 0.5) is 5.00 Å². The van der Waals surface area contributed by atoms with Crippen LogP contribution in [0.1, 0.15) is 34.1 Å². The molecule has 6 heteroatoms. The number of methoxy groups -OCH3 is 1. The molecule has 23 heavy (non-hydrogen) atoms. The maximum absolute atomic E-state index is 12.1. The predicted molar refractivity (Wildman–Crippen MR) is 90.6 cm³/mol. The van der Waals surface area contributed by atoms with Crippen molar-refractivity contribution < 1.29 is 19.4 Å². The Labute approximate surface area is 138 Å². The van der Waals surface area contributed by atoms with Gasteiger partial charge in [0, 0.05) is 11.3 Å². The number of carboxylic acids is 1. The average Bonchev–Trinajstić information content (AvgIpc) is 2.96. The number of hydrogen-bond donors (Lipinski definition) is 2. The lowest BCUT2D eigenvalue weighted by atomic mass is 10.1. The van der Waals surface area contributed by atoms with Crippen molar-refractivity contribution in [1.29, 1.82) is 0 Å². The molecule has 0 aliphatic carbocycles. The highest BCUT2D eigenvalue weighted by Gasteiger charge is 2.16. The maximum Gasteiger partial charge on any atom is 0.338 e. The van der Waals surface area contributed by atoms with E-state index in [1.54, 1.807) is 13.2 Å². The molecule has 0 radical (unpaired) electrons. The van der Waals surface area contributed by atoms with Crippen LogP contribution in [0.2, 0.25) is 0 Å². The van der Waals surface area contributed by atoms with Gasteiger partial charge in [-0.05, 0) is 36.6 Å². The highest BCUT2D eigenvalue weighted by atomic mass is 32.1. The highest BCUT2D eigenvalue weighted by molar-refractivity contribution is 7.16. The standard InChI is InChI=1S/C17H19NO4S/c1-3-13-10-14(17(20)21)16(23-13)18-15(19)9-6-11-4-7-12(22-2)8-5-11/h4-5,7-8,10H,3,6,9H2,1-2H3,(H,18,19)(H,20,21).